The molecule has 1 aromatic heterocycles. The Balaban J connectivity index is 3.40. The van der Waals surface area contributed by atoms with Gasteiger partial charge in [-0.1, -0.05) is 0 Å². The summed E-state index contributed by atoms with van der Waals surface area (Å²) in [5.41, 5.74) is -0.979. The zero-order valence-corrected chi connectivity index (χ0v) is 5.85. The summed E-state index contributed by atoms with van der Waals surface area (Å²) in [5.74, 6) is 0. The van der Waals surface area contributed by atoms with Crippen molar-refractivity contribution in [1.82, 2.24) is 4.57 Å². The van der Waals surface area contributed by atoms with Crippen molar-refractivity contribution in [2.75, 3.05) is 0 Å². The van der Waals surface area contributed by atoms with Crippen molar-refractivity contribution in [3.63, 3.8) is 0 Å². The summed E-state index contributed by atoms with van der Waals surface area (Å²) in [4.78, 5) is 20.4. The van der Waals surface area contributed by atoms with E-state index in [9.17, 15) is 14.9 Å². The predicted molar refractivity (Wildman–Crippen MR) is 38.3 cm³/mol. The minimum Gasteiger partial charge on any atom is -0.313 e. The van der Waals surface area contributed by atoms with Gasteiger partial charge < -0.3 is 4.57 Å². The van der Waals surface area contributed by atoms with E-state index in [2.05, 4.69) is 0 Å². The lowest BCUT2D eigenvalue weighted by molar-refractivity contribution is -0.386. The van der Waals surface area contributed by atoms with Crippen LogP contribution in [-0.2, 0) is 7.05 Å². The fourth-order valence-corrected chi connectivity index (χ4v) is 0.722. The molecule has 0 fully saturated rings. The first-order valence-electron chi connectivity index (χ1n) is 2.93. The van der Waals surface area contributed by atoms with Crippen LogP contribution in [0.2, 0.25) is 0 Å². The maximum absolute atomic E-state index is 10.9. The minimum absolute atomic E-state index is 0.394. The lowest BCUT2D eigenvalue weighted by Gasteiger charge is -1.93. The second-order valence-electron chi connectivity index (χ2n) is 2.07. The molecule has 0 aliphatic rings. The molecule has 5 heteroatoms. The number of nitrogens with zero attached hydrogens (tertiary/aromatic N) is 2. The van der Waals surface area contributed by atoms with Crippen LogP contribution in [0.25, 0.3) is 0 Å². The maximum atomic E-state index is 10.9. The molecule has 1 aromatic rings. The Bertz CT molecular complexity index is 342. The van der Waals surface area contributed by atoms with Crippen LogP contribution in [0.1, 0.15) is 0 Å². The minimum atomic E-state index is -0.692. The first-order valence-corrected chi connectivity index (χ1v) is 2.93. The van der Waals surface area contributed by atoms with Gasteiger partial charge in [0.25, 0.3) is 0 Å². The molecule has 0 saturated heterocycles. The van der Waals surface area contributed by atoms with E-state index in [1.54, 1.807) is 0 Å². The quantitative estimate of drug-likeness (QED) is 0.431. The zero-order chi connectivity index (χ0) is 8.43. The number of aromatic nitrogens is 1. The number of hydrogen-bond donors (Lipinski definition) is 0. The summed E-state index contributed by atoms with van der Waals surface area (Å²) in [6.07, 6.45) is 1.47. The van der Waals surface area contributed by atoms with Gasteiger partial charge in [0.05, 0.1) is 4.92 Å². The Kier molecular flexibility index (Phi) is 1.72. The van der Waals surface area contributed by atoms with Crippen molar-refractivity contribution in [2.45, 2.75) is 0 Å². The highest BCUT2D eigenvalue weighted by atomic mass is 16.6. The lowest BCUT2D eigenvalue weighted by Crippen LogP contribution is -2.18. The summed E-state index contributed by atoms with van der Waals surface area (Å²) in [6, 6.07) is 2.64. The second kappa shape index (κ2) is 2.53. The van der Waals surface area contributed by atoms with Crippen molar-refractivity contribution in [3.8, 4) is 0 Å². The van der Waals surface area contributed by atoms with Crippen LogP contribution in [0.5, 0.6) is 0 Å². The predicted octanol–water partition coefficient (Wildman–Crippen LogP) is 0.293. The fourth-order valence-electron chi connectivity index (χ4n) is 0.722. The topological polar surface area (TPSA) is 65.1 Å². The molecule has 0 aliphatic heterocycles. The van der Waals surface area contributed by atoms with Crippen molar-refractivity contribution in [2.24, 2.45) is 7.05 Å². The summed E-state index contributed by atoms with van der Waals surface area (Å²) in [7, 11) is 1.47. The Morgan fingerprint density at radius 2 is 2.27 bits per heavy atom. The van der Waals surface area contributed by atoms with E-state index >= 15 is 0 Å². The molecular formula is C6H6N2O3. The first-order chi connectivity index (χ1) is 5.13. The molecule has 0 spiro atoms. The maximum Gasteiger partial charge on any atom is 0.334 e. The highest BCUT2D eigenvalue weighted by molar-refractivity contribution is 5.24. The monoisotopic (exact) mass is 154 g/mol. The third kappa shape index (κ3) is 1.26. The normalized spacial score (nSPS) is 9.55. The van der Waals surface area contributed by atoms with E-state index in [4.69, 9.17) is 0 Å². The Morgan fingerprint density at radius 3 is 2.73 bits per heavy atom. The average molecular weight is 154 g/mol. The van der Waals surface area contributed by atoms with Gasteiger partial charge in [-0.3, -0.25) is 14.9 Å². The fraction of sp³-hybridized carbons (Fsp3) is 0.167. The van der Waals surface area contributed by atoms with E-state index in [1.807, 2.05) is 0 Å². The van der Waals surface area contributed by atoms with Crippen molar-refractivity contribution in [3.05, 3.63) is 38.8 Å². The Labute approximate surface area is 62.0 Å². The molecule has 0 radical (unpaired) electrons. The lowest BCUT2D eigenvalue weighted by atomic mass is 10.4. The Hall–Kier alpha value is -1.65. The average Bonchev–Trinajstić information content (AvgIpc) is 1.94. The van der Waals surface area contributed by atoms with Crippen molar-refractivity contribution >= 4 is 5.69 Å². The molecular weight excluding hydrogens is 148 g/mol. The molecule has 1 heterocycles. The van der Waals surface area contributed by atoms with Crippen LogP contribution in [0.15, 0.2) is 23.1 Å². The van der Waals surface area contributed by atoms with Crippen LogP contribution in [0.4, 0.5) is 5.69 Å². The van der Waals surface area contributed by atoms with Gasteiger partial charge in [0.1, 0.15) is 0 Å². The van der Waals surface area contributed by atoms with Gasteiger partial charge in [-0.05, 0) is 6.07 Å². The Morgan fingerprint density at radius 1 is 1.64 bits per heavy atom. The molecule has 1 rings (SSSR count). The molecule has 0 aromatic carbocycles. The molecule has 0 amide bonds. The largest absolute Gasteiger partial charge is 0.334 e. The number of rotatable bonds is 1. The van der Waals surface area contributed by atoms with E-state index in [1.165, 1.54) is 25.4 Å². The van der Waals surface area contributed by atoms with Gasteiger partial charge in [-0.25, -0.2) is 0 Å². The van der Waals surface area contributed by atoms with Gasteiger partial charge in [0, 0.05) is 19.3 Å². The van der Waals surface area contributed by atoms with Crippen LogP contribution in [0, 0.1) is 10.1 Å². The van der Waals surface area contributed by atoms with Crippen LogP contribution >= 0.6 is 0 Å². The molecule has 0 unspecified atom stereocenters. The van der Waals surface area contributed by atoms with Crippen LogP contribution < -0.4 is 5.56 Å². The molecule has 0 atom stereocenters. The third-order valence-corrected chi connectivity index (χ3v) is 1.30. The standard InChI is InChI=1S/C6H6N2O3/c1-7-4-2-3-5(6(7)9)8(10)11/h2-4H,1H3. The van der Waals surface area contributed by atoms with Gasteiger partial charge in [-0.15, -0.1) is 0 Å². The van der Waals surface area contributed by atoms with Gasteiger partial charge in [-0.2, -0.15) is 0 Å². The number of nitro groups is 1. The summed E-state index contributed by atoms with van der Waals surface area (Å²) >= 11 is 0. The molecule has 11 heavy (non-hydrogen) atoms. The molecule has 0 bridgehead atoms. The summed E-state index contributed by atoms with van der Waals surface area (Å²) in [5, 5.41) is 10.2. The van der Waals surface area contributed by atoms with Gasteiger partial charge in [0.2, 0.25) is 0 Å². The molecule has 5 nitrogen and oxygen atoms in total. The SMILES string of the molecule is Cn1cccc([N+](=O)[O-])c1=O. The van der Waals surface area contributed by atoms with Gasteiger partial charge >= 0.3 is 11.2 Å². The number of pyridine rings is 1. The molecule has 0 aliphatic carbocycles. The zero-order valence-electron chi connectivity index (χ0n) is 5.85. The third-order valence-electron chi connectivity index (χ3n) is 1.30. The number of aryl methyl sites for hydroxylation is 1. The number of hydrogen-bond acceptors (Lipinski definition) is 3. The molecule has 0 N–H and O–H groups in total. The van der Waals surface area contributed by atoms with Crippen LogP contribution in [0.3, 0.4) is 0 Å². The first kappa shape index (κ1) is 7.46. The van der Waals surface area contributed by atoms with Gasteiger partial charge in [0.15, 0.2) is 0 Å². The van der Waals surface area contributed by atoms with E-state index < -0.39 is 16.2 Å². The van der Waals surface area contributed by atoms with E-state index in [-0.39, 0.29) is 0 Å². The summed E-state index contributed by atoms with van der Waals surface area (Å²) in [6.45, 7) is 0. The van der Waals surface area contributed by atoms with E-state index in [0.717, 1.165) is 4.57 Å². The highest BCUT2D eigenvalue weighted by Crippen LogP contribution is 1.99. The molecule has 0 saturated carbocycles. The van der Waals surface area contributed by atoms with Crippen molar-refractivity contribution in [1.29, 1.82) is 0 Å². The second-order valence-corrected chi connectivity index (χ2v) is 2.07. The highest BCUT2D eigenvalue weighted by Gasteiger charge is 2.10. The van der Waals surface area contributed by atoms with Crippen molar-refractivity contribution < 1.29 is 4.92 Å². The smallest absolute Gasteiger partial charge is 0.313 e. The van der Waals surface area contributed by atoms with Crippen LogP contribution in [-0.4, -0.2) is 9.49 Å². The summed E-state index contributed by atoms with van der Waals surface area (Å²) < 4.78 is 1.16. The van der Waals surface area contributed by atoms with E-state index in [0.29, 0.717) is 0 Å². The molecule has 58 valence electrons.